The van der Waals surface area contributed by atoms with Crippen molar-refractivity contribution in [1.29, 1.82) is 0 Å². The van der Waals surface area contributed by atoms with E-state index in [1.807, 2.05) is 0 Å². The van der Waals surface area contributed by atoms with Crippen molar-refractivity contribution in [2.24, 2.45) is 17.8 Å². The van der Waals surface area contributed by atoms with Gasteiger partial charge in [0.25, 0.3) is 0 Å². The van der Waals surface area contributed by atoms with Gasteiger partial charge in [0.1, 0.15) is 0 Å². The van der Waals surface area contributed by atoms with Crippen molar-refractivity contribution in [3.63, 3.8) is 0 Å². The molecule has 106 valence electrons. The first-order valence-electron chi connectivity index (χ1n) is 7.68. The van der Waals surface area contributed by atoms with Gasteiger partial charge in [0.2, 0.25) is 5.91 Å². The molecule has 0 aliphatic heterocycles. The van der Waals surface area contributed by atoms with Crippen LogP contribution in [0.3, 0.4) is 0 Å². The van der Waals surface area contributed by atoms with Crippen molar-refractivity contribution in [1.82, 2.24) is 4.90 Å². The smallest absolute Gasteiger partial charge is 0.306 e. The Kier molecular flexibility index (Phi) is 3.50. The number of carbonyl (C=O) groups excluding carboxylic acids is 1. The molecular weight excluding hydrogens is 242 g/mol. The van der Waals surface area contributed by atoms with Gasteiger partial charge in [0.05, 0.1) is 5.92 Å². The highest BCUT2D eigenvalue weighted by Crippen LogP contribution is 2.38. The molecule has 0 spiro atoms. The van der Waals surface area contributed by atoms with E-state index < -0.39 is 5.97 Å². The third kappa shape index (κ3) is 3.10. The lowest BCUT2D eigenvalue weighted by Gasteiger charge is -2.31. The number of carboxylic acid groups (broad SMARTS) is 1. The predicted octanol–water partition coefficient (Wildman–Crippen LogP) is 2.28. The van der Waals surface area contributed by atoms with Crippen LogP contribution in [0.5, 0.6) is 0 Å². The Balaban J connectivity index is 1.61. The van der Waals surface area contributed by atoms with Gasteiger partial charge in [-0.2, -0.15) is 0 Å². The number of hydrogen-bond donors (Lipinski definition) is 1. The summed E-state index contributed by atoms with van der Waals surface area (Å²) in [7, 11) is 0. The molecule has 0 heterocycles. The lowest BCUT2D eigenvalue weighted by molar-refractivity contribution is -0.145. The van der Waals surface area contributed by atoms with Crippen molar-refractivity contribution in [2.75, 3.05) is 6.54 Å². The number of carbonyl (C=O) groups is 2. The highest BCUT2D eigenvalue weighted by Gasteiger charge is 2.40. The second kappa shape index (κ2) is 5.14. The molecule has 1 amide bonds. The summed E-state index contributed by atoms with van der Waals surface area (Å²) in [6, 6.07) is 0.471. The Labute approximate surface area is 114 Å². The van der Waals surface area contributed by atoms with Gasteiger partial charge in [-0.3, -0.25) is 9.59 Å². The fraction of sp³-hybridized carbons (Fsp3) is 0.867. The molecule has 3 aliphatic rings. The molecule has 0 bridgehead atoms. The van der Waals surface area contributed by atoms with E-state index in [1.54, 1.807) is 0 Å². The SMILES string of the molecule is O=C(O)C1CCCC(C(=O)N(CC2CC2)C2CC2)C1. The van der Waals surface area contributed by atoms with Crippen LogP contribution < -0.4 is 0 Å². The van der Waals surface area contributed by atoms with Crippen LogP contribution in [0.1, 0.15) is 51.4 Å². The maximum atomic E-state index is 12.6. The van der Waals surface area contributed by atoms with Crippen LogP contribution in [-0.4, -0.2) is 34.5 Å². The molecule has 1 N–H and O–H groups in total. The molecule has 0 aromatic carbocycles. The lowest BCUT2D eigenvalue weighted by Crippen LogP contribution is -2.41. The molecule has 4 nitrogen and oxygen atoms in total. The third-order valence-electron chi connectivity index (χ3n) is 4.80. The molecule has 2 unspecified atom stereocenters. The second-order valence-electron chi connectivity index (χ2n) is 6.56. The summed E-state index contributed by atoms with van der Waals surface area (Å²) in [6.07, 6.45) is 7.89. The van der Waals surface area contributed by atoms with Gasteiger partial charge >= 0.3 is 5.97 Å². The zero-order valence-corrected chi connectivity index (χ0v) is 11.4. The number of amides is 1. The predicted molar refractivity (Wildman–Crippen MR) is 70.5 cm³/mol. The zero-order valence-electron chi connectivity index (χ0n) is 11.4. The van der Waals surface area contributed by atoms with E-state index in [4.69, 9.17) is 5.11 Å². The Hall–Kier alpha value is -1.06. The molecule has 0 saturated heterocycles. The quantitative estimate of drug-likeness (QED) is 0.829. The summed E-state index contributed by atoms with van der Waals surface area (Å²) in [5, 5.41) is 9.13. The normalized spacial score (nSPS) is 30.9. The topological polar surface area (TPSA) is 57.6 Å². The third-order valence-corrected chi connectivity index (χ3v) is 4.80. The van der Waals surface area contributed by atoms with Gasteiger partial charge in [-0.25, -0.2) is 0 Å². The number of hydrogen-bond acceptors (Lipinski definition) is 2. The van der Waals surface area contributed by atoms with Crippen LogP contribution in [-0.2, 0) is 9.59 Å². The Morgan fingerprint density at radius 1 is 1.00 bits per heavy atom. The highest BCUT2D eigenvalue weighted by atomic mass is 16.4. The number of carboxylic acids is 1. The standard InChI is InChI=1S/C15H23NO3/c17-14(11-2-1-3-12(8-11)15(18)19)16(13-6-7-13)9-10-4-5-10/h10-13H,1-9H2,(H,18,19). The maximum absolute atomic E-state index is 12.6. The van der Waals surface area contributed by atoms with Crippen LogP contribution in [0.2, 0.25) is 0 Å². The molecule has 2 atom stereocenters. The summed E-state index contributed by atoms with van der Waals surface area (Å²) in [4.78, 5) is 25.8. The van der Waals surface area contributed by atoms with Crippen LogP contribution in [0.25, 0.3) is 0 Å². The van der Waals surface area contributed by atoms with Gasteiger partial charge in [-0.15, -0.1) is 0 Å². The minimum absolute atomic E-state index is 0.0331. The van der Waals surface area contributed by atoms with Gasteiger partial charge in [0, 0.05) is 18.5 Å². The van der Waals surface area contributed by atoms with Gasteiger partial charge < -0.3 is 10.0 Å². The van der Waals surface area contributed by atoms with Gasteiger partial charge in [-0.05, 0) is 50.9 Å². The van der Waals surface area contributed by atoms with Crippen molar-refractivity contribution < 1.29 is 14.7 Å². The Morgan fingerprint density at radius 2 is 1.68 bits per heavy atom. The molecule has 0 aromatic rings. The highest BCUT2D eigenvalue weighted by molar-refractivity contribution is 5.81. The van der Waals surface area contributed by atoms with Crippen LogP contribution in [0, 0.1) is 17.8 Å². The first-order chi connectivity index (χ1) is 9.15. The van der Waals surface area contributed by atoms with Crippen LogP contribution in [0.4, 0.5) is 0 Å². The first kappa shape index (κ1) is 12.9. The van der Waals surface area contributed by atoms with E-state index in [2.05, 4.69) is 4.90 Å². The fourth-order valence-corrected chi connectivity index (χ4v) is 3.26. The van der Waals surface area contributed by atoms with E-state index in [-0.39, 0.29) is 17.7 Å². The molecular formula is C15H23NO3. The largest absolute Gasteiger partial charge is 0.481 e. The van der Waals surface area contributed by atoms with E-state index in [0.29, 0.717) is 12.5 Å². The summed E-state index contributed by atoms with van der Waals surface area (Å²) in [6.45, 7) is 0.928. The van der Waals surface area contributed by atoms with E-state index in [9.17, 15) is 9.59 Å². The summed E-state index contributed by atoms with van der Waals surface area (Å²) in [5.41, 5.74) is 0. The second-order valence-corrected chi connectivity index (χ2v) is 6.56. The molecule has 0 radical (unpaired) electrons. The number of nitrogens with zero attached hydrogens (tertiary/aromatic N) is 1. The zero-order chi connectivity index (χ0) is 13.4. The summed E-state index contributed by atoms with van der Waals surface area (Å²) in [5.74, 6) is -0.0831. The van der Waals surface area contributed by atoms with E-state index in [1.165, 1.54) is 12.8 Å². The molecule has 3 fully saturated rings. The van der Waals surface area contributed by atoms with Crippen LogP contribution in [0.15, 0.2) is 0 Å². The van der Waals surface area contributed by atoms with Crippen molar-refractivity contribution >= 4 is 11.9 Å². The van der Waals surface area contributed by atoms with Gasteiger partial charge in [0.15, 0.2) is 0 Å². The first-order valence-corrected chi connectivity index (χ1v) is 7.68. The average Bonchev–Trinajstić information content (AvgIpc) is 3.27. The van der Waals surface area contributed by atoms with Crippen molar-refractivity contribution in [3.05, 3.63) is 0 Å². The Bertz CT molecular complexity index is 374. The maximum Gasteiger partial charge on any atom is 0.306 e. The molecule has 0 aromatic heterocycles. The monoisotopic (exact) mass is 265 g/mol. The molecule has 3 rings (SSSR count). The molecule has 3 saturated carbocycles. The molecule has 19 heavy (non-hydrogen) atoms. The summed E-state index contributed by atoms with van der Waals surface area (Å²) >= 11 is 0. The molecule has 3 aliphatic carbocycles. The minimum atomic E-state index is -0.724. The number of aliphatic carboxylic acids is 1. The van der Waals surface area contributed by atoms with Gasteiger partial charge in [-0.1, -0.05) is 6.42 Å². The van der Waals surface area contributed by atoms with Crippen molar-refractivity contribution in [3.8, 4) is 0 Å². The van der Waals surface area contributed by atoms with Crippen LogP contribution >= 0.6 is 0 Å². The summed E-state index contributed by atoms with van der Waals surface area (Å²) < 4.78 is 0. The Morgan fingerprint density at radius 3 is 2.26 bits per heavy atom. The van der Waals surface area contributed by atoms with E-state index >= 15 is 0 Å². The van der Waals surface area contributed by atoms with E-state index in [0.717, 1.165) is 44.6 Å². The lowest BCUT2D eigenvalue weighted by atomic mass is 9.80. The average molecular weight is 265 g/mol. The number of rotatable bonds is 5. The molecule has 4 heteroatoms. The minimum Gasteiger partial charge on any atom is -0.481 e. The fourth-order valence-electron chi connectivity index (χ4n) is 3.26. The van der Waals surface area contributed by atoms with Crippen molar-refractivity contribution in [2.45, 2.75) is 57.4 Å².